The van der Waals surface area contributed by atoms with Crippen molar-refractivity contribution >= 4 is 17.5 Å². The molecule has 96 valence electrons. The lowest BCUT2D eigenvalue weighted by Gasteiger charge is -2.20. The minimum Gasteiger partial charge on any atom is -0.382 e. The molecule has 0 fully saturated rings. The predicted molar refractivity (Wildman–Crippen MR) is 74.2 cm³/mol. The van der Waals surface area contributed by atoms with E-state index in [1.165, 1.54) is 0 Å². The summed E-state index contributed by atoms with van der Waals surface area (Å²) < 4.78 is 0. The zero-order valence-electron chi connectivity index (χ0n) is 10.0. The third-order valence-electron chi connectivity index (χ3n) is 2.78. The summed E-state index contributed by atoms with van der Waals surface area (Å²) in [4.78, 5) is 12.7. The van der Waals surface area contributed by atoms with E-state index in [9.17, 15) is 0 Å². The third-order valence-corrected chi connectivity index (χ3v) is 2.78. The summed E-state index contributed by atoms with van der Waals surface area (Å²) in [6.07, 6.45) is -0.622. The Morgan fingerprint density at radius 2 is 1.74 bits per heavy atom. The Hall–Kier alpha value is -2.67. The Morgan fingerprint density at radius 3 is 2.47 bits per heavy atom. The van der Waals surface area contributed by atoms with Crippen LogP contribution in [0.2, 0.25) is 0 Å². The van der Waals surface area contributed by atoms with Gasteiger partial charge in [0.2, 0.25) is 0 Å². The molecule has 1 unspecified atom stereocenters. The van der Waals surface area contributed by atoms with Gasteiger partial charge in [-0.2, -0.15) is 0 Å². The number of aromatic nitrogens is 2. The minimum atomic E-state index is -0.622. The Kier molecular flexibility index (Phi) is 2.53. The quantitative estimate of drug-likeness (QED) is 0.572. The van der Waals surface area contributed by atoms with Crippen LogP contribution in [-0.4, -0.2) is 22.1 Å². The average molecular weight is 255 g/mol. The van der Waals surface area contributed by atoms with Crippen molar-refractivity contribution in [3.63, 3.8) is 0 Å². The number of nitrogens with two attached hydrogens (primary N) is 3. The molecule has 1 aromatic heterocycles. The van der Waals surface area contributed by atoms with Crippen molar-refractivity contribution in [1.29, 1.82) is 0 Å². The first-order valence-electron chi connectivity index (χ1n) is 5.74. The van der Waals surface area contributed by atoms with Crippen molar-refractivity contribution in [3.05, 3.63) is 36.0 Å². The molecule has 7 nitrogen and oxygen atoms in total. The molecule has 0 radical (unpaired) electrons. The van der Waals surface area contributed by atoms with E-state index < -0.39 is 6.29 Å². The van der Waals surface area contributed by atoms with Gasteiger partial charge in [-0.15, -0.1) is 0 Å². The van der Waals surface area contributed by atoms with Crippen LogP contribution in [-0.2, 0) is 0 Å². The van der Waals surface area contributed by atoms with E-state index in [4.69, 9.17) is 17.2 Å². The standard InChI is InChI=1S/C12H13N7/c13-9-7(6-4-2-1-3-5-6)16-8-10(14)18-12(15)19-11(8)17-9/h1-5,12H,15H2,(H2,14,18)(H3,13,17,19). The van der Waals surface area contributed by atoms with E-state index in [1.54, 1.807) is 0 Å². The Labute approximate surface area is 109 Å². The number of nitrogen functional groups attached to an aromatic ring is 1. The van der Waals surface area contributed by atoms with Gasteiger partial charge in [0.15, 0.2) is 23.8 Å². The Balaban J connectivity index is 2.16. The number of hydrogen-bond donors (Lipinski definition) is 4. The molecule has 0 saturated heterocycles. The molecule has 2 aromatic rings. The maximum Gasteiger partial charge on any atom is 0.174 e. The summed E-state index contributed by atoms with van der Waals surface area (Å²) in [5, 5.41) is 2.87. The molecular weight excluding hydrogens is 242 g/mol. The van der Waals surface area contributed by atoms with E-state index >= 15 is 0 Å². The molecule has 19 heavy (non-hydrogen) atoms. The molecule has 1 aromatic carbocycles. The summed E-state index contributed by atoms with van der Waals surface area (Å²) in [5.74, 6) is 1.03. The van der Waals surface area contributed by atoms with Gasteiger partial charge in [0.1, 0.15) is 11.4 Å². The van der Waals surface area contributed by atoms with Crippen LogP contribution in [0, 0.1) is 0 Å². The third kappa shape index (κ3) is 1.95. The first-order valence-corrected chi connectivity index (χ1v) is 5.74. The van der Waals surface area contributed by atoms with Crippen LogP contribution in [0.1, 0.15) is 5.69 Å². The molecule has 1 aliphatic rings. The zero-order valence-corrected chi connectivity index (χ0v) is 10.0. The fraction of sp³-hybridized carbons (Fsp3) is 0.0833. The van der Waals surface area contributed by atoms with Crippen LogP contribution in [0.5, 0.6) is 0 Å². The maximum absolute atomic E-state index is 5.93. The van der Waals surface area contributed by atoms with Crippen LogP contribution in [0.3, 0.4) is 0 Å². The maximum atomic E-state index is 5.93. The average Bonchev–Trinajstić information content (AvgIpc) is 2.38. The van der Waals surface area contributed by atoms with Gasteiger partial charge in [-0.1, -0.05) is 30.3 Å². The number of nitrogens with one attached hydrogen (secondary N) is 1. The van der Waals surface area contributed by atoms with Crippen molar-refractivity contribution in [2.45, 2.75) is 6.29 Å². The number of nitrogens with zero attached hydrogens (tertiary/aromatic N) is 3. The topological polar surface area (TPSA) is 128 Å². The van der Waals surface area contributed by atoms with Crippen LogP contribution >= 0.6 is 0 Å². The molecular formula is C12H13N7. The van der Waals surface area contributed by atoms with Crippen molar-refractivity contribution < 1.29 is 0 Å². The number of aliphatic imine (C=N–C) groups is 1. The van der Waals surface area contributed by atoms with Gasteiger partial charge in [-0.25, -0.2) is 15.0 Å². The second-order valence-corrected chi connectivity index (χ2v) is 4.12. The molecule has 0 amide bonds. The van der Waals surface area contributed by atoms with Crippen molar-refractivity contribution in [1.82, 2.24) is 9.97 Å². The van der Waals surface area contributed by atoms with Crippen molar-refractivity contribution in [2.75, 3.05) is 11.1 Å². The summed E-state index contributed by atoms with van der Waals surface area (Å²) in [6, 6.07) is 9.54. The van der Waals surface area contributed by atoms with Crippen LogP contribution < -0.4 is 22.5 Å². The van der Waals surface area contributed by atoms with Gasteiger partial charge in [0, 0.05) is 5.56 Å². The van der Waals surface area contributed by atoms with Crippen LogP contribution in [0.15, 0.2) is 35.3 Å². The van der Waals surface area contributed by atoms with Crippen molar-refractivity contribution in [2.24, 2.45) is 16.5 Å². The number of fused-ring (bicyclic) bond motifs is 1. The van der Waals surface area contributed by atoms with E-state index in [0.29, 0.717) is 23.0 Å². The minimum absolute atomic E-state index is 0.255. The van der Waals surface area contributed by atoms with E-state index in [0.717, 1.165) is 5.56 Å². The zero-order chi connectivity index (χ0) is 13.4. The summed E-state index contributed by atoms with van der Waals surface area (Å²) in [7, 11) is 0. The second-order valence-electron chi connectivity index (χ2n) is 4.12. The van der Waals surface area contributed by atoms with Crippen molar-refractivity contribution in [3.8, 4) is 11.3 Å². The predicted octanol–water partition coefficient (Wildman–Crippen LogP) is 0.0989. The van der Waals surface area contributed by atoms with Gasteiger partial charge in [0.25, 0.3) is 0 Å². The highest BCUT2D eigenvalue weighted by molar-refractivity contribution is 6.02. The molecule has 7 N–H and O–H groups in total. The Morgan fingerprint density at radius 1 is 1.00 bits per heavy atom. The molecule has 1 atom stereocenters. The smallest absolute Gasteiger partial charge is 0.174 e. The Bertz CT molecular complexity index is 651. The first kappa shape index (κ1) is 11.4. The second kappa shape index (κ2) is 4.21. The number of hydrogen-bond acceptors (Lipinski definition) is 7. The molecule has 0 spiro atoms. The number of amidine groups is 1. The molecule has 0 saturated carbocycles. The highest BCUT2D eigenvalue weighted by Gasteiger charge is 2.21. The molecule has 2 heterocycles. The summed E-state index contributed by atoms with van der Waals surface area (Å²) >= 11 is 0. The summed E-state index contributed by atoms with van der Waals surface area (Å²) in [5.41, 5.74) is 19.3. The molecule has 0 bridgehead atoms. The van der Waals surface area contributed by atoms with E-state index in [2.05, 4.69) is 20.3 Å². The van der Waals surface area contributed by atoms with Gasteiger partial charge < -0.3 is 16.8 Å². The normalized spacial score (nSPS) is 17.3. The highest BCUT2D eigenvalue weighted by atomic mass is 15.3. The molecule has 1 aliphatic heterocycles. The fourth-order valence-corrected chi connectivity index (χ4v) is 1.92. The molecule has 7 heteroatoms. The lowest BCUT2D eigenvalue weighted by Crippen LogP contribution is -2.37. The number of anilines is 2. The van der Waals surface area contributed by atoms with Gasteiger partial charge in [0.05, 0.1) is 0 Å². The summed E-state index contributed by atoms with van der Waals surface area (Å²) in [6.45, 7) is 0. The number of benzene rings is 1. The lowest BCUT2D eigenvalue weighted by atomic mass is 10.1. The largest absolute Gasteiger partial charge is 0.382 e. The molecule has 0 aliphatic carbocycles. The van der Waals surface area contributed by atoms with E-state index in [-0.39, 0.29) is 5.84 Å². The van der Waals surface area contributed by atoms with Crippen LogP contribution in [0.4, 0.5) is 11.6 Å². The first-order chi connectivity index (χ1) is 9.15. The molecule has 3 rings (SSSR count). The van der Waals surface area contributed by atoms with E-state index in [1.807, 2.05) is 30.3 Å². The highest BCUT2D eigenvalue weighted by Crippen LogP contribution is 2.26. The fourth-order valence-electron chi connectivity index (χ4n) is 1.92. The van der Waals surface area contributed by atoms with Crippen LogP contribution in [0.25, 0.3) is 11.3 Å². The SMILES string of the molecule is NC1=NC(N)Nc2nc(N)c(-c3ccccc3)nc21. The van der Waals surface area contributed by atoms with Gasteiger partial charge >= 0.3 is 0 Å². The monoisotopic (exact) mass is 255 g/mol. The number of rotatable bonds is 1. The lowest BCUT2D eigenvalue weighted by molar-refractivity contribution is 0.786. The van der Waals surface area contributed by atoms with Gasteiger partial charge in [-0.05, 0) is 0 Å². The van der Waals surface area contributed by atoms with Gasteiger partial charge in [-0.3, -0.25) is 5.73 Å².